The van der Waals surface area contributed by atoms with Gasteiger partial charge in [-0.25, -0.2) is 0 Å². The summed E-state index contributed by atoms with van der Waals surface area (Å²) in [6, 6.07) is 7.25. The topological polar surface area (TPSA) is 52.3 Å². The lowest BCUT2D eigenvalue weighted by atomic mass is 9.75. The second-order valence-corrected chi connectivity index (χ2v) is 4.84. The highest BCUT2D eigenvalue weighted by atomic mass is 35.5. The number of hydrogen-bond acceptors (Lipinski definition) is 3. The Balaban J connectivity index is 2.41. The highest BCUT2D eigenvalue weighted by molar-refractivity contribution is 6.31. The summed E-state index contributed by atoms with van der Waals surface area (Å²) in [5, 5.41) is 0.542. The summed E-state index contributed by atoms with van der Waals surface area (Å²) in [5.41, 5.74) is 5.98. The Morgan fingerprint density at radius 3 is 2.82 bits per heavy atom. The predicted molar refractivity (Wildman–Crippen MR) is 67.0 cm³/mol. The summed E-state index contributed by atoms with van der Waals surface area (Å²) in [7, 11) is 1.54. The van der Waals surface area contributed by atoms with Crippen LogP contribution in [0.4, 0.5) is 0 Å². The van der Waals surface area contributed by atoms with Gasteiger partial charge in [-0.1, -0.05) is 29.8 Å². The number of Topliss-reactive ketones (excluding diaryl/α,β-unsaturated/α-hetero) is 1. The molecule has 0 radical (unpaired) electrons. The summed E-state index contributed by atoms with van der Waals surface area (Å²) >= 11 is 6.13. The van der Waals surface area contributed by atoms with Crippen molar-refractivity contribution in [3.63, 3.8) is 0 Å². The monoisotopic (exact) mass is 253 g/mol. The maximum absolute atomic E-state index is 12.3. The minimum atomic E-state index is -1.00. The molecule has 2 atom stereocenters. The second-order valence-electron chi connectivity index (χ2n) is 4.43. The molecule has 4 heteroatoms. The van der Waals surface area contributed by atoms with Crippen LogP contribution in [0.15, 0.2) is 24.3 Å². The lowest BCUT2D eigenvalue weighted by Crippen LogP contribution is -2.53. The molecule has 0 aliphatic heterocycles. The molecule has 0 bridgehead atoms. The second kappa shape index (κ2) is 4.77. The van der Waals surface area contributed by atoms with Gasteiger partial charge in [0, 0.05) is 12.1 Å². The Labute approximate surface area is 106 Å². The van der Waals surface area contributed by atoms with E-state index in [0.717, 1.165) is 12.8 Å². The van der Waals surface area contributed by atoms with Crippen LogP contribution in [0, 0.1) is 0 Å². The molecular formula is C13H16ClNO2. The van der Waals surface area contributed by atoms with E-state index in [4.69, 9.17) is 22.1 Å². The van der Waals surface area contributed by atoms with Crippen molar-refractivity contribution < 1.29 is 9.53 Å². The van der Waals surface area contributed by atoms with Gasteiger partial charge in [-0.15, -0.1) is 0 Å². The Bertz CT molecular complexity index is 435. The van der Waals surface area contributed by atoms with E-state index < -0.39 is 11.6 Å². The number of hydrogen-bond donors (Lipinski definition) is 1. The van der Waals surface area contributed by atoms with Gasteiger partial charge in [0.1, 0.15) is 11.6 Å². The zero-order valence-electron chi connectivity index (χ0n) is 9.78. The van der Waals surface area contributed by atoms with Gasteiger partial charge in [-0.05, 0) is 30.9 Å². The molecule has 17 heavy (non-hydrogen) atoms. The van der Waals surface area contributed by atoms with Crippen molar-refractivity contribution in [1.82, 2.24) is 0 Å². The van der Waals surface area contributed by atoms with Gasteiger partial charge in [0.25, 0.3) is 0 Å². The first-order valence-electron chi connectivity index (χ1n) is 5.70. The number of ether oxygens (including phenoxy) is 1. The van der Waals surface area contributed by atoms with Crippen LogP contribution in [0.2, 0.25) is 5.02 Å². The average Bonchev–Trinajstić information content (AvgIpc) is 2.33. The van der Waals surface area contributed by atoms with Crippen molar-refractivity contribution in [3.05, 3.63) is 34.9 Å². The molecule has 2 rings (SSSR count). The van der Waals surface area contributed by atoms with Gasteiger partial charge in [-0.3, -0.25) is 4.79 Å². The van der Waals surface area contributed by atoms with E-state index in [1.807, 2.05) is 18.2 Å². The van der Waals surface area contributed by atoms with Gasteiger partial charge in [0.05, 0.1) is 0 Å². The third kappa shape index (κ3) is 2.10. The maximum Gasteiger partial charge on any atom is 0.185 e. The van der Waals surface area contributed by atoms with Crippen molar-refractivity contribution in [2.75, 3.05) is 7.11 Å². The minimum Gasteiger partial charge on any atom is -0.374 e. The van der Waals surface area contributed by atoms with E-state index in [1.54, 1.807) is 13.2 Å². The molecule has 0 saturated heterocycles. The van der Waals surface area contributed by atoms with Gasteiger partial charge in [-0.2, -0.15) is 0 Å². The van der Waals surface area contributed by atoms with E-state index in [1.165, 1.54) is 0 Å². The minimum absolute atomic E-state index is 0.0700. The lowest BCUT2D eigenvalue weighted by molar-refractivity contribution is -0.138. The van der Waals surface area contributed by atoms with Crippen LogP contribution in [-0.4, -0.2) is 19.0 Å². The molecule has 0 spiro atoms. The van der Waals surface area contributed by atoms with Crippen LogP contribution in [0.1, 0.15) is 24.8 Å². The quantitative estimate of drug-likeness (QED) is 0.880. The Kier molecular flexibility index (Phi) is 3.52. The van der Waals surface area contributed by atoms with Crippen molar-refractivity contribution in [2.24, 2.45) is 5.73 Å². The Morgan fingerprint density at radius 2 is 2.18 bits per heavy atom. The molecule has 3 nitrogen and oxygen atoms in total. The van der Waals surface area contributed by atoms with Crippen LogP contribution in [-0.2, 0) is 15.1 Å². The lowest BCUT2D eigenvalue weighted by Gasteiger charge is -2.36. The van der Waals surface area contributed by atoms with Gasteiger partial charge >= 0.3 is 0 Å². The zero-order valence-corrected chi connectivity index (χ0v) is 10.5. The molecule has 1 fully saturated rings. The first-order valence-corrected chi connectivity index (χ1v) is 6.08. The Morgan fingerprint density at radius 1 is 1.47 bits per heavy atom. The van der Waals surface area contributed by atoms with Gasteiger partial charge in [0.15, 0.2) is 5.78 Å². The Hall–Kier alpha value is -0.900. The van der Waals surface area contributed by atoms with Crippen molar-refractivity contribution >= 4 is 17.4 Å². The predicted octanol–water partition coefficient (Wildman–Crippen LogP) is 2.26. The van der Waals surface area contributed by atoms with E-state index in [-0.39, 0.29) is 5.78 Å². The third-order valence-corrected chi connectivity index (χ3v) is 3.74. The van der Waals surface area contributed by atoms with Crippen molar-refractivity contribution in [1.29, 1.82) is 0 Å². The van der Waals surface area contributed by atoms with E-state index in [2.05, 4.69) is 0 Å². The molecule has 0 amide bonds. The number of methoxy groups -OCH3 is 1. The maximum atomic E-state index is 12.3. The summed E-state index contributed by atoms with van der Waals surface area (Å²) in [4.78, 5) is 12.3. The molecule has 1 aliphatic rings. The third-order valence-electron chi connectivity index (χ3n) is 3.41. The van der Waals surface area contributed by atoms with Crippen LogP contribution < -0.4 is 5.73 Å². The molecule has 92 valence electrons. The number of nitrogens with two attached hydrogens (primary N) is 1. The van der Waals surface area contributed by atoms with Crippen LogP contribution >= 0.6 is 11.6 Å². The van der Waals surface area contributed by atoms with E-state index in [9.17, 15) is 4.79 Å². The molecule has 2 N–H and O–H groups in total. The molecule has 0 unspecified atom stereocenters. The van der Waals surface area contributed by atoms with Crippen molar-refractivity contribution in [3.8, 4) is 0 Å². The first-order chi connectivity index (χ1) is 8.09. The summed E-state index contributed by atoms with van der Waals surface area (Å²) in [6.45, 7) is 0. The molecule has 0 aromatic heterocycles. The number of carbonyl (C=O) groups is 1. The molecule has 1 aromatic carbocycles. The summed E-state index contributed by atoms with van der Waals surface area (Å²) < 4.78 is 5.19. The molecule has 1 saturated carbocycles. The number of ketones is 1. The standard InChI is InChI=1S/C13H16ClNO2/c1-17-11-7-4-8-13(15,12(11)16)9-5-2-3-6-10(9)14/h2-3,5-6,11H,4,7-8,15H2,1H3/t11-,13-/m1/s1. The molecule has 1 aliphatic carbocycles. The molecule has 1 aromatic rings. The van der Waals surface area contributed by atoms with E-state index in [0.29, 0.717) is 17.0 Å². The average molecular weight is 254 g/mol. The fourth-order valence-electron chi connectivity index (χ4n) is 2.42. The largest absolute Gasteiger partial charge is 0.374 e. The summed E-state index contributed by atoms with van der Waals surface area (Å²) in [5.74, 6) is -0.0700. The van der Waals surface area contributed by atoms with E-state index >= 15 is 0 Å². The summed E-state index contributed by atoms with van der Waals surface area (Å²) in [6.07, 6.45) is 1.81. The van der Waals surface area contributed by atoms with Gasteiger partial charge in [0.2, 0.25) is 0 Å². The van der Waals surface area contributed by atoms with Crippen LogP contribution in [0.3, 0.4) is 0 Å². The number of rotatable bonds is 2. The SMILES string of the molecule is CO[C@@H]1CCC[C@@](N)(c2ccccc2Cl)C1=O. The number of halogens is 1. The zero-order chi connectivity index (χ0) is 12.5. The smallest absolute Gasteiger partial charge is 0.185 e. The van der Waals surface area contributed by atoms with Crippen LogP contribution in [0.5, 0.6) is 0 Å². The molecular weight excluding hydrogens is 238 g/mol. The number of benzene rings is 1. The normalized spacial score (nSPS) is 29.4. The fourth-order valence-corrected chi connectivity index (χ4v) is 2.73. The van der Waals surface area contributed by atoms with Gasteiger partial charge < -0.3 is 10.5 Å². The highest BCUT2D eigenvalue weighted by Gasteiger charge is 2.44. The highest BCUT2D eigenvalue weighted by Crippen LogP contribution is 2.36. The molecule has 0 heterocycles. The fraction of sp³-hybridized carbons (Fsp3) is 0.462. The first kappa shape index (κ1) is 12.6. The van der Waals surface area contributed by atoms with Crippen LogP contribution in [0.25, 0.3) is 0 Å². The van der Waals surface area contributed by atoms with Crippen molar-refractivity contribution in [2.45, 2.75) is 30.9 Å². The number of carbonyl (C=O) groups excluding carboxylic acids is 1.